The molecule has 0 amide bonds. The summed E-state index contributed by atoms with van der Waals surface area (Å²) in [5.41, 5.74) is 1.39. The molecule has 0 aliphatic rings. The smallest absolute Gasteiger partial charge is 0.348 e. The van der Waals surface area contributed by atoms with Crippen molar-refractivity contribution in [1.82, 2.24) is 9.78 Å². The summed E-state index contributed by atoms with van der Waals surface area (Å²) in [5, 5.41) is 4.56. The molecule has 0 fully saturated rings. The van der Waals surface area contributed by atoms with Gasteiger partial charge >= 0.3 is 5.97 Å². The van der Waals surface area contributed by atoms with Crippen molar-refractivity contribution in [1.29, 1.82) is 0 Å². The van der Waals surface area contributed by atoms with Crippen LogP contribution in [0.25, 0.3) is 5.69 Å². The van der Waals surface area contributed by atoms with E-state index >= 15 is 0 Å². The maximum Gasteiger partial charge on any atom is 0.348 e. The molecule has 0 atom stereocenters. The number of esters is 1. The maximum absolute atomic E-state index is 13.3. The lowest BCUT2D eigenvalue weighted by Gasteiger charge is -2.13. The molecule has 0 saturated carbocycles. The fraction of sp³-hybridized carbons (Fsp3) is 0.238. The summed E-state index contributed by atoms with van der Waals surface area (Å²) < 4.78 is 25.6. The van der Waals surface area contributed by atoms with Crippen molar-refractivity contribution in [2.75, 3.05) is 7.11 Å². The number of rotatable bonds is 4. The molecule has 0 unspecified atom stereocenters. The van der Waals surface area contributed by atoms with Gasteiger partial charge in [0, 0.05) is 11.5 Å². The number of benzene rings is 2. The third-order valence-corrected chi connectivity index (χ3v) is 4.04. The SMILES string of the molecule is COc1ccccc1C(=O)Oc1cc(C(C)(C)C)nn1-c1ccc(F)cc1. The van der Waals surface area contributed by atoms with Crippen LogP contribution in [0.1, 0.15) is 36.8 Å². The highest BCUT2D eigenvalue weighted by Crippen LogP contribution is 2.29. The Kier molecular flexibility index (Phi) is 4.99. The maximum atomic E-state index is 13.3. The summed E-state index contributed by atoms with van der Waals surface area (Å²) >= 11 is 0. The van der Waals surface area contributed by atoms with E-state index in [0.717, 1.165) is 5.69 Å². The van der Waals surface area contributed by atoms with Crippen molar-refractivity contribution in [3.05, 3.63) is 71.7 Å². The number of nitrogens with zero attached hydrogens (tertiary/aromatic N) is 2. The van der Waals surface area contributed by atoms with Crippen LogP contribution in [0.2, 0.25) is 0 Å². The third kappa shape index (κ3) is 4.00. The Bertz CT molecular complexity index is 956. The van der Waals surface area contributed by atoms with E-state index < -0.39 is 5.97 Å². The third-order valence-electron chi connectivity index (χ3n) is 4.04. The van der Waals surface area contributed by atoms with Crippen LogP contribution in [0.4, 0.5) is 4.39 Å². The Hall–Kier alpha value is -3.15. The Labute approximate surface area is 157 Å². The number of carbonyl (C=O) groups excluding carboxylic acids is 1. The summed E-state index contributed by atoms with van der Waals surface area (Å²) in [6, 6.07) is 14.4. The molecule has 3 rings (SSSR count). The van der Waals surface area contributed by atoms with Gasteiger partial charge in [0.05, 0.1) is 18.5 Å². The van der Waals surface area contributed by atoms with Crippen molar-refractivity contribution < 1.29 is 18.7 Å². The van der Waals surface area contributed by atoms with Crippen molar-refractivity contribution in [2.45, 2.75) is 26.2 Å². The van der Waals surface area contributed by atoms with Gasteiger partial charge in [-0.1, -0.05) is 32.9 Å². The zero-order valence-electron chi connectivity index (χ0n) is 15.7. The van der Waals surface area contributed by atoms with Crippen LogP contribution in [0.3, 0.4) is 0 Å². The number of ether oxygens (including phenoxy) is 2. The van der Waals surface area contributed by atoms with Crippen LogP contribution in [0.5, 0.6) is 11.6 Å². The molecule has 1 heterocycles. The van der Waals surface area contributed by atoms with Crippen LogP contribution in [-0.2, 0) is 5.41 Å². The fourth-order valence-corrected chi connectivity index (χ4v) is 2.53. The molecule has 0 bridgehead atoms. The van der Waals surface area contributed by atoms with Gasteiger partial charge in [-0.15, -0.1) is 0 Å². The van der Waals surface area contributed by atoms with Gasteiger partial charge in [0.1, 0.15) is 17.1 Å². The number of aromatic nitrogens is 2. The van der Waals surface area contributed by atoms with E-state index in [1.165, 1.54) is 23.9 Å². The molecule has 140 valence electrons. The minimum absolute atomic E-state index is 0.252. The average Bonchev–Trinajstić information content (AvgIpc) is 3.06. The van der Waals surface area contributed by atoms with Gasteiger partial charge in [0.2, 0.25) is 5.88 Å². The van der Waals surface area contributed by atoms with Gasteiger partial charge in [-0.05, 0) is 36.4 Å². The number of hydrogen-bond donors (Lipinski definition) is 0. The molecule has 0 spiro atoms. The molecule has 0 aliphatic heterocycles. The highest BCUT2D eigenvalue weighted by molar-refractivity contribution is 5.93. The summed E-state index contributed by atoms with van der Waals surface area (Å²) in [6.07, 6.45) is 0. The second-order valence-corrected chi connectivity index (χ2v) is 7.10. The molecule has 3 aromatic rings. The Balaban J connectivity index is 2.02. The molecule has 6 heteroatoms. The summed E-state index contributed by atoms with van der Waals surface area (Å²) in [4.78, 5) is 12.7. The molecular formula is C21H21FN2O3. The van der Waals surface area contributed by atoms with Crippen molar-refractivity contribution >= 4 is 5.97 Å². The van der Waals surface area contributed by atoms with E-state index in [4.69, 9.17) is 9.47 Å². The molecule has 1 aromatic heterocycles. The average molecular weight is 368 g/mol. The monoisotopic (exact) mass is 368 g/mol. The summed E-state index contributed by atoms with van der Waals surface area (Å²) in [7, 11) is 1.49. The predicted octanol–water partition coefficient (Wildman–Crippen LogP) is 4.54. The first kappa shape index (κ1) is 18.6. The lowest BCUT2D eigenvalue weighted by molar-refractivity contribution is 0.0719. The van der Waals surface area contributed by atoms with E-state index in [0.29, 0.717) is 17.0 Å². The number of methoxy groups -OCH3 is 1. The van der Waals surface area contributed by atoms with Crippen molar-refractivity contribution in [3.63, 3.8) is 0 Å². The zero-order valence-corrected chi connectivity index (χ0v) is 15.7. The van der Waals surface area contributed by atoms with E-state index in [1.807, 2.05) is 20.8 Å². The van der Waals surface area contributed by atoms with Crippen molar-refractivity contribution in [3.8, 4) is 17.3 Å². The first-order valence-electron chi connectivity index (χ1n) is 8.51. The van der Waals surface area contributed by atoms with Crippen LogP contribution in [0, 0.1) is 5.82 Å². The van der Waals surface area contributed by atoms with Crippen LogP contribution < -0.4 is 9.47 Å². The highest BCUT2D eigenvalue weighted by atomic mass is 19.1. The normalized spacial score (nSPS) is 11.3. The topological polar surface area (TPSA) is 53.4 Å². The first-order chi connectivity index (χ1) is 12.8. The number of hydrogen-bond acceptors (Lipinski definition) is 4. The minimum Gasteiger partial charge on any atom is -0.496 e. The Morgan fingerprint density at radius 1 is 1.07 bits per heavy atom. The Morgan fingerprint density at radius 2 is 1.74 bits per heavy atom. The minimum atomic E-state index is -0.559. The van der Waals surface area contributed by atoms with Crippen LogP contribution >= 0.6 is 0 Å². The highest BCUT2D eigenvalue weighted by Gasteiger charge is 2.24. The van der Waals surface area contributed by atoms with Crippen LogP contribution in [-0.4, -0.2) is 22.9 Å². The first-order valence-corrected chi connectivity index (χ1v) is 8.51. The second-order valence-electron chi connectivity index (χ2n) is 7.10. The second kappa shape index (κ2) is 7.23. The summed E-state index contributed by atoms with van der Waals surface area (Å²) in [5.74, 6) is -0.237. The molecule has 0 radical (unpaired) electrons. The van der Waals surface area contributed by atoms with E-state index in [-0.39, 0.29) is 17.1 Å². The molecule has 0 N–H and O–H groups in total. The molecule has 5 nitrogen and oxygen atoms in total. The molecule has 0 saturated heterocycles. The number of para-hydroxylation sites is 1. The van der Waals surface area contributed by atoms with Gasteiger partial charge in [-0.3, -0.25) is 0 Å². The lowest BCUT2D eigenvalue weighted by Crippen LogP contribution is -2.13. The number of carbonyl (C=O) groups is 1. The van der Waals surface area contributed by atoms with Crippen molar-refractivity contribution in [2.24, 2.45) is 0 Å². The molecule has 2 aromatic carbocycles. The molecular weight excluding hydrogens is 347 g/mol. The van der Waals surface area contributed by atoms with Gasteiger partial charge < -0.3 is 9.47 Å². The van der Waals surface area contributed by atoms with Gasteiger partial charge in [-0.2, -0.15) is 5.10 Å². The van der Waals surface area contributed by atoms with Crippen LogP contribution in [0.15, 0.2) is 54.6 Å². The standard InChI is InChI=1S/C21H21FN2O3/c1-21(2,3)18-13-19(24(23-18)15-11-9-14(22)10-12-15)27-20(25)16-7-5-6-8-17(16)26-4/h5-13H,1-4H3. The van der Waals surface area contributed by atoms with E-state index in [1.54, 1.807) is 42.5 Å². The largest absolute Gasteiger partial charge is 0.496 e. The van der Waals surface area contributed by atoms with Gasteiger partial charge in [0.25, 0.3) is 0 Å². The van der Waals surface area contributed by atoms with E-state index in [2.05, 4.69) is 5.10 Å². The fourth-order valence-electron chi connectivity index (χ4n) is 2.53. The zero-order chi connectivity index (χ0) is 19.6. The Morgan fingerprint density at radius 3 is 2.37 bits per heavy atom. The number of halogens is 1. The lowest BCUT2D eigenvalue weighted by atomic mass is 9.93. The quantitative estimate of drug-likeness (QED) is 0.635. The van der Waals surface area contributed by atoms with E-state index in [9.17, 15) is 9.18 Å². The van der Waals surface area contributed by atoms with Gasteiger partial charge in [0.15, 0.2) is 0 Å². The van der Waals surface area contributed by atoms with Gasteiger partial charge in [-0.25, -0.2) is 13.9 Å². The molecule has 27 heavy (non-hydrogen) atoms. The summed E-state index contributed by atoms with van der Waals surface area (Å²) in [6.45, 7) is 6.03. The molecule has 0 aliphatic carbocycles. The predicted molar refractivity (Wildman–Crippen MR) is 100 cm³/mol.